The number of benzene rings is 1. The van der Waals surface area contributed by atoms with Crippen LogP contribution in [0.5, 0.6) is 0 Å². The van der Waals surface area contributed by atoms with E-state index in [0.717, 1.165) is 6.07 Å². The fraction of sp³-hybridized carbons (Fsp3) is 0.455. The van der Waals surface area contributed by atoms with Crippen LogP contribution in [0, 0.1) is 17.0 Å². The number of nitro groups is 1. The zero-order valence-corrected chi connectivity index (χ0v) is 12.2. The van der Waals surface area contributed by atoms with Crippen LogP contribution in [0.15, 0.2) is 17.0 Å². The molecule has 0 radical (unpaired) electrons. The van der Waals surface area contributed by atoms with Crippen molar-refractivity contribution in [2.75, 3.05) is 18.4 Å². The first kappa shape index (κ1) is 17.2. The summed E-state index contributed by atoms with van der Waals surface area (Å²) in [6.45, 7) is 2.52. The van der Waals surface area contributed by atoms with Gasteiger partial charge in [0, 0.05) is 12.6 Å². The predicted octanol–water partition coefficient (Wildman–Crippen LogP) is 1.88. The highest BCUT2D eigenvalue weighted by Gasteiger charge is 2.24. The first-order chi connectivity index (χ1) is 9.69. The second-order valence-electron chi connectivity index (χ2n) is 4.17. The molecule has 21 heavy (non-hydrogen) atoms. The van der Waals surface area contributed by atoms with E-state index in [0.29, 0.717) is 6.54 Å². The second kappa shape index (κ2) is 6.76. The number of nitrogens with zero attached hydrogens (tertiary/aromatic N) is 1. The summed E-state index contributed by atoms with van der Waals surface area (Å²) in [5, 5.41) is 13.7. The van der Waals surface area contributed by atoms with Gasteiger partial charge in [-0.2, -0.15) is 0 Å². The molecule has 0 fully saturated rings. The molecule has 0 aliphatic carbocycles. The number of halogens is 2. The molecule has 0 saturated heterocycles. The highest BCUT2D eigenvalue weighted by molar-refractivity contribution is 7.89. The number of hydrogen-bond acceptors (Lipinski definition) is 5. The van der Waals surface area contributed by atoms with E-state index in [9.17, 15) is 27.3 Å². The summed E-state index contributed by atoms with van der Waals surface area (Å²) in [6, 6.07) is 2.17. The Kier molecular flexibility index (Phi) is 5.55. The fourth-order valence-electron chi connectivity index (χ4n) is 1.70. The molecule has 7 nitrogen and oxygen atoms in total. The van der Waals surface area contributed by atoms with E-state index in [4.69, 9.17) is 0 Å². The predicted molar refractivity (Wildman–Crippen MR) is 73.2 cm³/mol. The summed E-state index contributed by atoms with van der Waals surface area (Å²) in [4.78, 5) is 9.86. The lowest BCUT2D eigenvalue weighted by atomic mass is 10.2. The third-order valence-corrected chi connectivity index (χ3v) is 4.14. The Morgan fingerprint density at radius 3 is 2.48 bits per heavy atom. The standard InChI is InChI=1S/C11H15F2N3O4S/c1-3-14-8-4-7(2)10(5-9(8)16(17)18)21(19,20)15-6-11(12)13/h4-5,11,14-15H,3,6H2,1-2H3. The summed E-state index contributed by atoms with van der Waals surface area (Å²) in [6.07, 6.45) is -2.85. The average molecular weight is 323 g/mol. The van der Waals surface area contributed by atoms with Crippen LogP contribution >= 0.6 is 0 Å². The molecule has 0 heterocycles. The first-order valence-corrected chi connectivity index (χ1v) is 7.48. The first-order valence-electron chi connectivity index (χ1n) is 5.99. The quantitative estimate of drug-likeness (QED) is 0.589. The molecule has 1 aromatic carbocycles. The lowest BCUT2D eigenvalue weighted by molar-refractivity contribution is -0.384. The van der Waals surface area contributed by atoms with Crippen LogP contribution in [0.2, 0.25) is 0 Å². The number of anilines is 1. The maximum absolute atomic E-state index is 12.1. The molecule has 1 aromatic rings. The van der Waals surface area contributed by atoms with Crippen LogP contribution in [-0.2, 0) is 10.0 Å². The van der Waals surface area contributed by atoms with Crippen molar-refractivity contribution in [2.24, 2.45) is 0 Å². The molecule has 0 aliphatic rings. The van der Waals surface area contributed by atoms with Crippen LogP contribution in [0.4, 0.5) is 20.2 Å². The second-order valence-corrected chi connectivity index (χ2v) is 5.90. The normalized spacial score (nSPS) is 11.7. The van der Waals surface area contributed by atoms with Crippen molar-refractivity contribution in [1.29, 1.82) is 0 Å². The van der Waals surface area contributed by atoms with Gasteiger partial charge < -0.3 is 5.32 Å². The minimum Gasteiger partial charge on any atom is -0.380 e. The molecule has 1 rings (SSSR count). The van der Waals surface area contributed by atoms with Gasteiger partial charge in [-0.25, -0.2) is 21.9 Å². The molecule has 2 N–H and O–H groups in total. The Morgan fingerprint density at radius 1 is 1.38 bits per heavy atom. The Balaban J connectivity index is 3.31. The largest absolute Gasteiger partial charge is 0.380 e. The summed E-state index contributed by atoms with van der Waals surface area (Å²) < 4.78 is 49.8. The van der Waals surface area contributed by atoms with E-state index in [1.807, 2.05) is 0 Å². The maximum Gasteiger partial charge on any atom is 0.293 e. The minimum absolute atomic E-state index is 0.174. The number of hydrogen-bond donors (Lipinski definition) is 2. The lowest BCUT2D eigenvalue weighted by Gasteiger charge is -2.12. The third kappa shape index (κ3) is 4.33. The van der Waals surface area contributed by atoms with Crippen molar-refractivity contribution in [3.05, 3.63) is 27.8 Å². The van der Waals surface area contributed by atoms with Gasteiger partial charge >= 0.3 is 0 Å². The molecule has 0 unspecified atom stereocenters. The van der Waals surface area contributed by atoms with Crippen LogP contribution < -0.4 is 10.0 Å². The van der Waals surface area contributed by atoms with Crippen molar-refractivity contribution in [2.45, 2.75) is 25.2 Å². The van der Waals surface area contributed by atoms with E-state index in [-0.39, 0.29) is 11.3 Å². The minimum atomic E-state index is -4.24. The molecule has 0 aliphatic heterocycles. The van der Waals surface area contributed by atoms with E-state index < -0.39 is 38.5 Å². The van der Waals surface area contributed by atoms with Gasteiger partial charge in [-0.05, 0) is 25.5 Å². The van der Waals surface area contributed by atoms with E-state index in [2.05, 4.69) is 5.32 Å². The van der Waals surface area contributed by atoms with Crippen LogP contribution in [0.1, 0.15) is 12.5 Å². The topological polar surface area (TPSA) is 101 Å². The number of nitrogens with one attached hydrogen (secondary N) is 2. The number of aryl methyl sites for hydroxylation is 1. The number of sulfonamides is 1. The zero-order valence-electron chi connectivity index (χ0n) is 11.4. The molecule has 0 bridgehead atoms. The van der Waals surface area contributed by atoms with Crippen molar-refractivity contribution >= 4 is 21.4 Å². The fourth-order valence-corrected chi connectivity index (χ4v) is 2.95. The molecule has 0 amide bonds. The van der Waals surface area contributed by atoms with Gasteiger partial charge in [-0.3, -0.25) is 10.1 Å². The molecular formula is C11H15F2N3O4S. The van der Waals surface area contributed by atoms with E-state index in [1.54, 1.807) is 11.6 Å². The van der Waals surface area contributed by atoms with Crippen molar-refractivity contribution in [3.8, 4) is 0 Å². The van der Waals surface area contributed by atoms with Crippen molar-refractivity contribution < 1.29 is 22.1 Å². The van der Waals surface area contributed by atoms with E-state index >= 15 is 0 Å². The number of nitro benzene ring substituents is 1. The highest BCUT2D eigenvalue weighted by atomic mass is 32.2. The molecule has 0 atom stereocenters. The number of rotatable bonds is 7. The summed E-state index contributed by atoms with van der Waals surface area (Å²) in [7, 11) is -4.24. The Bertz CT molecular complexity index is 635. The van der Waals surface area contributed by atoms with Gasteiger partial charge in [-0.1, -0.05) is 0 Å². The molecule has 0 saturated carbocycles. The van der Waals surface area contributed by atoms with Gasteiger partial charge in [-0.15, -0.1) is 0 Å². The van der Waals surface area contributed by atoms with Crippen molar-refractivity contribution in [1.82, 2.24) is 4.72 Å². The van der Waals surface area contributed by atoms with Crippen LogP contribution in [-0.4, -0.2) is 32.9 Å². The molecule has 10 heteroatoms. The monoisotopic (exact) mass is 323 g/mol. The van der Waals surface area contributed by atoms with Gasteiger partial charge in [0.25, 0.3) is 12.1 Å². The van der Waals surface area contributed by atoms with Gasteiger partial charge in [0.2, 0.25) is 10.0 Å². The number of alkyl halides is 2. The molecular weight excluding hydrogens is 308 g/mol. The maximum atomic E-state index is 12.1. The Morgan fingerprint density at radius 2 is 2.00 bits per heavy atom. The molecule has 0 spiro atoms. The summed E-state index contributed by atoms with van der Waals surface area (Å²) >= 11 is 0. The van der Waals surface area contributed by atoms with Crippen LogP contribution in [0.25, 0.3) is 0 Å². The zero-order chi connectivity index (χ0) is 16.2. The molecule has 0 aromatic heterocycles. The van der Waals surface area contributed by atoms with Gasteiger partial charge in [0.15, 0.2) is 0 Å². The SMILES string of the molecule is CCNc1cc(C)c(S(=O)(=O)NCC(F)F)cc1[N+](=O)[O-]. The highest BCUT2D eigenvalue weighted by Crippen LogP contribution is 2.30. The summed E-state index contributed by atoms with van der Waals surface area (Å²) in [5.41, 5.74) is -0.0361. The van der Waals surface area contributed by atoms with Gasteiger partial charge in [0.1, 0.15) is 5.69 Å². The lowest BCUT2D eigenvalue weighted by Crippen LogP contribution is -2.29. The Labute approximate surface area is 120 Å². The smallest absolute Gasteiger partial charge is 0.293 e. The average Bonchev–Trinajstić information content (AvgIpc) is 2.36. The van der Waals surface area contributed by atoms with E-state index in [1.165, 1.54) is 13.0 Å². The van der Waals surface area contributed by atoms with Gasteiger partial charge in [0.05, 0.1) is 16.4 Å². The third-order valence-electron chi connectivity index (χ3n) is 2.57. The van der Waals surface area contributed by atoms with Crippen LogP contribution in [0.3, 0.4) is 0 Å². The summed E-state index contributed by atoms with van der Waals surface area (Å²) in [5.74, 6) is 0. The Hall–Kier alpha value is -1.81. The molecule has 118 valence electrons. The van der Waals surface area contributed by atoms with Crippen molar-refractivity contribution in [3.63, 3.8) is 0 Å².